The number of carbonyl (C=O) groups excluding carboxylic acids is 1. The highest BCUT2D eigenvalue weighted by atomic mass is 32.2. The molecule has 0 aliphatic rings. The van der Waals surface area contributed by atoms with Crippen LogP contribution < -0.4 is 0 Å². The summed E-state index contributed by atoms with van der Waals surface area (Å²) in [6.45, 7) is 2.49. The highest BCUT2D eigenvalue weighted by Gasteiger charge is 2.19. The van der Waals surface area contributed by atoms with Crippen LogP contribution in [0.25, 0.3) is 10.6 Å². The van der Waals surface area contributed by atoms with E-state index >= 15 is 0 Å². The molecular weight excluding hydrogens is 348 g/mol. The van der Waals surface area contributed by atoms with Gasteiger partial charge >= 0.3 is 0 Å². The van der Waals surface area contributed by atoms with Crippen molar-refractivity contribution in [3.8, 4) is 10.6 Å². The van der Waals surface area contributed by atoms with Crippen molar-refractivity contribution >= 4 is 29.0 Å². The van der Waals surface area contributed by atoms with E-state index in [1.807, 2.05) is 44.3 Å². The first kappa shape index (κ1) is 17.7. The van der Waals surface area contributed by atoms with Crippen LogP contribution in [0.2, 0.25) is 0 Å². The molecule has 0 aliphatic heterocycles. The first-order valence-corrected chi connectivity index (χ1v) is 10.0. The first-order valence-electron chi connectivity index (χ1n) is 7.99. The lowest BCUT2D eigenvalue weighted by Gasteiger charge is -2.16. The number of benzene rings is 2. The zero-order valence-electron chi connectivity index (χ0n) is 14.5. The Bertz CT molecular complexity index is 857. The number of thiazole rings is 1. The van der Waals surface area contributed by atoms with Crippen molar-refractivity contribution in [3.63, 3.8) is 0 Å². The zero-order chi connectivity index (χ0) is 17.8. The highest BCUT2D eigenvalue weighted by Crippen LogP contribution is 2.28. The summed E-state index contributed by atoms with van der Waals surface area (Å²) in [7, 11) is 1.84. The largest absolute Gasteiger partial charge is 0.337 e. The molecule has 0 fully saturated rings. The number of aryl methyl sites for hydroxylation is 1. The van der Waals surface area contributed by atoms with Gasteiger partial charge in [-0.15, -0.1) is 23.1 Å². The monoisotopic (exact) mass is 368 g/mol. The van der Waals surface area contributed by atoms with Gasteiger partial charge in [0.25, 0.3) is 5.91 Å². The standard InChI is InChI=1S/C20H20N2OS2/c1-14-18(25-19(21-14)16-7-5-4-6-8-16)20(23)22(2)13-15-9-11-17(24-3)12-10-15/h4-12H,13H2,1-3H3. The number of carbonyl (C=O) groups is 1. The van der Waals surface area contributed by atoms with Crippen LogP contribution in [-0.4, -0.2) is 29.1 Å². The van der Waals surface area contributed by atoms with Gasteiger partial charge in [0, 0.05) is 24.1 Å². The summed E-state index contributed by atoms with van der Waals surface area (Å²) in [5.74, 6) is 0.0196. The fourth-order valence-electron chi connectivity index (χ4n) is 2.55. The van der Waals surface area contributed by atoms with E-state index in [-0.39, 0.29) is 5.91 Å². The van der Waals surface area contributed by atoms with Crippen LogP contribution in [-0.2, 0) is 6.54 Å². The fraction of sp³-hybridized carbons (Fsp3) is 0.200. The lowest BCUT2D eigenvalue weighted by molar-refractivity contribution is 0.0789. The molecule has 0 bridgehead atoms. The lowest BCUT2D eigenvalue weighted by Crippen LogP contribution is -2.26. The summed E-state index contributed by atoms with van der Waals surface area (Å²) >= 11 is 3.18. The Labute approximate surface area is 156 Å². The number of rotatable bonds is 5. The van der Waals surface area contributed by atoms with Gasteiger partial charge in [-0.05, 0) is 30.9 Å². The minimum absolute atomic E-state index is 0.0196. The van der Waals surface area contributed by atoms with Crippen LogP contribution in [0.1, 0.15) is 20.9 Å². The molecule has 2 aromatic carbocycles. The molecular formula is C20H20N2OS2. The van der Waals surface area contributed by atoms with E-state index in [9.17, 15) is 4.79 Å². The second kappa shape index (κ2) is 7.85. The van der Waals surface area contributed by atoms with E-state index in [1.165, 1.54) is 16.2 Å². The van der Waals surface area contributed by atoms with E-state index in [0.717, 1.165) is 21.8 Å². The van der Waals surface area contributed by atoms with Crippen LogP contribution in [0.15, 0.2) is 59.5 Å². The van der Waals surface area contributed by atoms with Gasteiger partial charge in [0.1, 0.15) is 9.88 Å². The summed E-state index contributed by atoms with van der Waals surface area (Å²) < 4.78 is 0. The maximum absolute atomic E-state index is 12.8. The maximum Gasteiger partial charge on any atom is 0.265 e. The molecule has 0 N–H and O–H groups in total. The Morgan fingerprint density at radius 3 is 2.44 bits per heavy atom. The fourth-order valence-corrected chi connectivity index (χ4v) is 4.02. The summed E-state index contributed by atoms with van der Waals surface area (Å²) in [5.41, 5.74) is 2.96. The van der Waals surface area contributed by atoms with Gasteiger partial charge < -0.3 is 4.90 Å². The predicted octanol–water partition coefficient (Wildman–Crippen LogP) is 5.11. The molecule has 0 saturated heterocycles. The smallest absolute Gasteiger partial charge is 0.265 e. The Balaban J connectivity index is 1.76. The minimum atomic E-state index is 0.0196. The molecule has 0 saturated carbocycles. The average molecular weight is 369 g/mol. The molecule has 5 heteroatoms. The molecule has 3 aromatic rings. The van der Waals surface area contributed by atoms with Crippen LogP contribution in [0, 0.1) is 6.92 Å². The van der Waals surface area contributed by atoms with Crippen molar-refractivity contribution in [2.75, 3.05) is 13.3 Å². The molecule has 128 valence electrons. The molecule has 0 radical (unpaired) electrons. The number of amides is 1. The predicted molar refractivity (Wildman–Crippen MR) is 106 cm³/mol. The summed E-state index contributed by atoms with van der Waals surface area (Å²) in [6, 6.07) is 18.3. The topological polar surface area (TPSA) is 33.2 Å². The Morgan fingerprint density at radius 2 is 1.80 bits per heavy atom. The van der Waals surface area contributed by atoms with Crippen molar-refractivity contribution in [1.82, 2.24) is 9.88 Å². The van der Waals surface area contributed by atoms with Crippen molar-refractivity contribution in [3.05, 3.63) is 70.7 Å². The normalized spacial score (nSPS) is 10.7. The van der Waals surface area contributed by atoms with E-state index in [4.69, 9.17) is 0 Å². The van der Waals surface area contributed by atoms with E-state index < -0.39 is 0 Å². The molecule has 25 heavy (non-hydrogen) atoms. The van der Waals surface area contributed by atoms with Gasteiger partial charge in [0.15, 0.2) is 0 Å². The van der Waals surface area contributed by atoms with Crippen LogP contribution in [0.5, 0.6) is 0 Å². The Hall–Kier alpha value is -2.11. The zero-order valence-corrected chi connectivity index (χ0v) is 16.2. The molecule has 0 aliphatic carbocycles. The molecule has 3 nitrogen and oxygen atoms in total. The first-order chi connectivity index (χ1) is 12.1. The number of nitrogens with zero attached hydrogens (tertiary/aromatic N) is 2. The second-order valence-corrected chi connectivity index (χ2v) is 7.69. The highest BCUT2D eigenvalue weighted by molar-refractivity contribution is 7.98. The Morgan fingerprint density at radius 1 is 1.12 bits per heavy atom. The number of aromatic nitrogens is 1. The molecule has 0 unspecified atom stereocenters. The van der Waals surface area contributed by atoms with Crippen LogP contribution >= 0.6 is 23.1 Å². The van der Waals surface area contributed by atoms with Crippen molar-refractivity contribution in [2.45, 2.75) is 18.4 Å². The van der Waals surface area contributed by atoms with E-state index in [0.29, 0.717) is 11.4 Å². The molecule has 1 heterocycles. The summed E-state index contributed by atoms with van der Waals surface area (Å²) in [5, 5.41) is 0.888. The molecule has 0 spiro atoms. The van der Waals surface area contributed by atoms with Gasteiger partial charge in [-0.25, -0.2) is 4.98 Å². The molecule has 0 atom stereocenters. The maximum atomic E-state index is 12.8. The Kier molecular flexibility index (Phi) is 5.56. The quantitative estimate of drug-likeness (QED) is 0.587. The second-order valence-electron chi connectivity index (χ2n) is 5.81. The van der Waals surface area contributed by atoms with Crippen molar-refractivity contribution in [2.24, 2.45) is 0 Å². The van der Waals surface area contributed by atoms with E-state index in [2.05, 4.69) is 35.5 Å². The molecule has 3 rings (SSSR count). The number of hydrogen-bond acceptors (Lipinski definition) is 4. The number of thioether (sulfide) groups is 1. The SMILES string of the molecule is CSc1ccc(CN(C)C(=O)c2sc(-c3ccccc3)nc2C)cc1. The van der Waals surface area contributed by atoms with Crippen molar-refractivity contribution in [1.29, 1.82) is 0 Å². The number of hydrogen-bond donors (Lipinski definition) is 0. The lowest BCUT2D eigenvalue weighted by atomic mass is 10.2. The van der Waals surface area contributed by atoms with Gasteiger partial charge in [0.05, 0.1) is 5.69 Å². The molecule has 1 aromatic heterocycles. The summed E-state index contributed by atoms with van der Waals surface area (Å²) in [4.78, 5) is 21.1. The van der Waals surface area contributed by atoms with Gasteiger partial charge in [-0.3, -0.25) is 4.79 Å². The third-order valence-electron chi connectivity index (χ3n) is 3.94. The third kappa shape index (κ3) is 4.11. The van der Waals surface area contributed by atoms with Crippen LogP contribution in [0.3, 0.4) is 0 Å². The average Bonchev–Trinajstić information content (AvgIpc) is 3.04. The van der Waals surface area contributed by atoms with Gasteiger partial charge in [-0.2, -0.15) is 0 Å². The van der Waals surface area contributed by atoms with Crippen LogP contribution in [0.4, 0.5) is 0 Å². The summed E-state index contributed by atoms with van der Waals surface area (Å²) in [6.07, 6.45) is 2.06. The minimum Gasteiger partial charge on any atom is -0.337 e. The van der Waals surface area contributed by atoms with Gasteiger partial charge in [-0.1, -0.05) is 42.5 Å². The molecule has 1 amide bonds. The van der Waals surface area contributed by atoms with Crippen molar-refractivity contribution < 1.29 is 4.79 Å². The van der Waals surface area contributed by atoms with Gasteiger partial charge in [0.2, 0.25) is 0 Å². The van der Waals surface area contributed by atoms with E-state index in [1.54, 1.807) is 16.7 Å². The third-order valence-corrected chi connectivity index (χ3v) is 5.88.